The molecule has 1 aliphatic carbocycles. The van der Waals surface area contributed by atoms with Gasteiger partial charge in [-0.15, -0.1) is 0 Å². The van der Waals surface area contributed by atoms with Gasteiger partial charge in [-0.3, -0.25) is 0 Å². The van der Waals surface area contributed by atoms with E-state index in [0.29, 0.717) is 0 Å². The predicted octanol–water partition coefficient (Wildman–Crippen LogP) is 1.10. The van der Waals surface area contributed by atoms with Gasteiger partial charge >= 0.3 is 0 Å². The SMILES string of the molecule is CC(C(=O)[O-])(c1ccccc1)C1CC1. The summed E-state index contributed by atoms with van der Waals surface area (Å²) in [7, 11) is 0. The number of rotatable bonds is 3. The first-order valence-electron chi connectivity index (χ1n) is 4.92. The van der Waals surface area contributed by atoms with Crippen molar-refractivity contribution in [3.05, 3.63) is 35.9 Å². The monoisotopic (exact) mass is 189 g/mol. The van der Waals surface area contributed by atoms with E-state index < -0.39 is 11.4 Å². The zero-order chi connectivity index (χ0) is 10.2. The Balaban J connectivity index is 2.41. The lowest BCUT2D eigenvalue weighted by Gasteiger charge is -2.31. The highest BCUT2D eigenvalue weighted by Crippen LogP contribution is 2.46. The molecular weight excluding hydrogens is 176 g/mol. The largest absolute Gasteiger partial charge is 0.549 e. The Kier molecular flexibility index (Phi) is 2.06. The van der Waals surface area contributed by atoms with Crippen LogP contribution in [0.5, 0.6) is 0 Å². The van der Waals surface area contributed by atoms with E-state index in [2.05, 4.69) is 0 Å². The van der Waals surface area contributed by atoms with Gasteiger partial charge in [-0.05, 0) is 31.2 Å². The maximum atomic E-state index is 11.2. The zero-order valence-corrected chi connectivity index (χ0v) is 8.19. The summed E-state index contributed by atoms with van der Waals surface area (Å²) in [6, 6.07) is 9.38. The molecule has 0 N–H and O–H groups in total. The number of hydrogen-bond acceptors (Lipinski definition) is 2. The van der Waals surface area contributed by atoms with E-state index in [0.717, 1.165) is 18.4 Å². The molecule has 2 rings (SSSR count). The number of benzene rings is 1. The maximum Gasteiger partial charge on any atom is 0.0520 e. The van der Waals surface area contributed by atoms with E-state index in [1.165, 1.54) is 0 Å². The lowest BCUT2D eigenvalue weighted by molar-refractivity contribution is -0.314. The van der Waals surface area contributed by atoms with Gasteiger partial charge in [0.2, 0.25) is 0 Å². The Morgan fingerprint density at radius 2 is 1.93 bits per heavy atom. The molecule has 14 heavy (non-hydrogen) atoms. The van der Waals surface area contributed by atoms with Crippen molar-refractivity contribution < 1.29 is 9.90 Å². The highest BCUT2D eigenvalue weighted by molar-refractivity contribution is 5.80. The molecule has 0 spiro atoms. The first-order chi connectivity index (χ1) is 6.65. The molecule has 1 atom stereocenters. The lowest BCUT2D eigenvalue weighted by atomic mass is 9.78. The number of carboxylic acids is 1. The summed E-state index contributed by atoms with van der Waals surface area (Å²) in [5, 5.41) is 11.2. The molecule has 0 amide bonds. The predicted molar refractivity (Wildman–Crippen MR) is 51.5 cm³/mol. The summed E-state index contributed by atoms with van der Waals surface area (Å²) in [6.07, 6.45) is 2.00. The average molecular weight is 189 g/mol. The van der Waals surface area contributed by atoms with Crippen molar-refractivity contribution in [3.63, 3.8) is 0 Å². The van der Waals surface area contributed by atoms with Crippen molar-refractivity contribution >= 4 is 5.97 Å². The van der Waals surface area contributed by atoms with Crippen LogP contribution in [-0.2, 0) is 10.2 Å². The highest BCUT2D eigenvalue weighted by Gasteiger charge is 2.43. The van der Waals surface area contributed by atoms with Crippen molar-refractivity contribution in [2.24, 2.45) is 5.92 Å². The van der Waals surface area contributed by atoms with Crippen LogP contribution in [0.2, 0.25) is 0 Å². The van der Waals surface area contributed by atoms with Gasteiger partial charge < -0.3 is 9.90 Å². The summed E-state index contributed by atoms with van der Waals surface area (Å²) in [5.74, 6) is -0.693. The highest BCUT2D eigenvalue weighted by atomic mass is 16.4. The van der Waals surface area contributed by atoms with Crippen LogP contribution in [-0.4, -0.2) is 5.97 Å². The third-order valence-corrected chi connectivity index (χ3v) is 3.19. The fourth-order valence-corrected chi connectivity index (χ4v) is 1.97. The molecule has 2 nitrogen and oxygen atoms in total. The van der Waals surface area contributed by atoms with Crippen molar-refractivity contribution in [2.45, 2.75) is 25.2 Å². The van der Waals surface area contributed by atoms with E-state index >= 15 is 0 Å². The number of carbonyl (C=O) groups is 1. The van der Waals surface area contributed by atoms with Gasteiger partial charge in [-0.2, -0.15) is 0 Å². The van der Waals surface area contributed by atoms with Crippen molar-refractivity contribution in [3.8, 4) is 0 Å². The molecule has 1 aromatic rings. The van der Waals surface area contributed by atoms with Crippen LogP contribution < -0.4 is 5.11 Å². The Morgan fingerprint density at radius 3 is 2.36 bits per heavy atom. The third-order valence-electron chi connectivity index (χ3n) is 3.19. The fourth-order valence-electron chi connectivity index (χ4n) is 1.97. The topological polar surface area (TPSA) is 40.1 Å². The van der Waals surface area contributed by atoms with E-state index in [1.807, 2.05) is 30.3 Å². The van der Waals surface area contributed by atoms with Crippen LogP contribution in [0.15, 0.2) is 30.3 Å². The normalized spacial score (nSPS) is 20.1. The Hall–Kier alpha value is -1.31. The fraction of sp³-hybridized carbons (Fsp3) is 0.417. The average Bonchev–Trinajstić information content (AvgIpc) is 3.01. The van der Waals surface area contributed by atoms with Gasteiger partial charge in [0.05, 0.1) is 5.97 Å². The summed E-state index contributed by atoms with van der Waals surface area (Å²) >= 11 is 0. The Labute approximate surface area is 83.6 Å². The number of carboxylic acid groups (broad SMARTS) is 1. The first kappa shape index (κ1) is 9.25. The number of carbonyl (C=O) groups excluding carboxylic acids is 1. The number of aliphatic carboxylic acids is 1. The Bertz CT molecular complexity index is 341. The second-order valence-corrected chi connectivity index (χ2v) is 4.13. The Morgan fingerprint density at radius 1 is 1.36 bits per heavy atom. The molecule has 0 aliphatic heterocycles. The molecule has 0 aromatic heterocycles. The van der Waals surface area contributed by atoms with Crippen molar-refractivity contribution in [2.75, 3.05) is 0 Å². The van der Waals surface area contributed by atoms with Crippen LogP contribution in [0.3, 0.4) is 0 Å². The lowest BCUT2D eigenvalue weighted by Crippen LogP contribution is -2.45. The molecule has 1 aromatic carbocycles. The molecule has 1 saturated carbocycles. The minimum Gasteiger partial charge on any atom is -0.549 e. The zero-order valence-electron chi connectivity index (χ0n) is 8.19. The first-order valence-corrected chi connectivity index (χ1v) is 4.92. The van der Waals surface area contributed by atoms with Gasteiger partial charge in [0.1, 0.15) is 0 Å². The van der Waals surface area contributed by atoms with Crippen molar-refractivity contribution in [1.82, 2.24) is 0 Å². The second kappa shape index (κ2) is 3.12. The molecule has 1 unspecified atom stereocenters. The van der Waals surface area contributed by atoms with Gasteiger partial charge in [-0.25, -0.2) is 0 Å². The molecule has 74 valence electrons. The molecule has 1 fully saturated rings. The molecule has 0 radical (unpaired) electrons. The second-order valence-electron chi connectivity index (χ2n) is 4.13. The van der Waals surface area contributed by atoms with Gasteiger partial charge in [0, 0.05) is 5.41 Å². The van der Waals surface area contributed by atoms with Crippen LogP contribution in [0.4, 0.5) is 0 Å². The van der Waals surface area contributed by atoms with Crippen molar-refractivity contribution in [1.29, 1.82) is 0 Å². The van der Waals surface area contributed by atoms with E-state index in [-0.39, 0.29) is 5.92 Å². The van der Waals surface area contributed by atoms with Gasteiger partial charge in [0.25, 0.3) is 0 Å². The molecule has 1 aliphatic rings. The molecule has 0 heterocycles. The molecule has 0 saturated heterocycles. The maximum absolute atomic E-state index is 11.2. The third kappa shape index (κ3) is 1.31. The van der Waals surface area contributed by atoms with E-state index in [4.69, 9.17) is 0 Å². The molecular formula is C12H13O2-. The standard InChI is InChI=1S/C12H14O2/c1-12(11(13)14,10-7-8-10)9-5-3-2-4-6-9/h2-6,10H,7-8H2,1H3,(H,13,14)/p-1. The summed E-state index contributed by atoms with van der Waals surface area (Å²) < 4.78 is 0. The van der Waals surface area contributed by atoms with E-state index in [9.17, 15) is 9.90 Å². The molecule has 0 bridgehead atoms. The summed E-state index contributed by atoms with van der Waals surface area (Å²) in [4.78, 5) is 11.2. The quantitative estimate of drug-likeness (QED) is 0.714. The van der Waals surface area contributed by atoms with Crippen LogP contribution in [0.25, 0.3) is 0 Å². The van der Waals surface area contributed by atoms with Crippen LogP contribution in [0, 0.1) is 5.92 Å². The molecule has 2 heteroatoms. The number of hydrogen-bond donors (Lipinski definition) is 0. The van der Waals surface area contributed by atoms with Gasteiger partial charge in [0.15, 0.2) is 0 Å². The minimum absolute atomic E-state index is 0.259. The summed E-state index contributed by atoms with van der Waals surface area (Å²) in [6.45, 7) is 1.77. The smallest absolute Gasteiger partial charge is 0.0520 e. The summed E-state index contributed by atoms with van der Waals surface area (Å²) in [5.41, 5.74) is 0.0730. The van der Waals surface area contributed by atoms with Crippen LogP contribution in [0.1, 0.15) is 25.3 Å². The minimum atomic E-state index is -0.953. The van der Waals surface area contributed by atoms with Crippen LogP contribution >= 0.6 is 0 Å². The van der Waals surface area contributed by atoms with Gasteiger partial charge in [-0.1, -0.05) is 30.3 Å². The van der Waals surface area contributed by atoms with E-state index in [1.54, 1.807) is 6.92 Å².